The molecule has 0 rings (SSSR count). The third-order valence-electron chi connectivity index (χ3n) is 2.78. The summed E-state index contributed by atoms with van der Waals surface area (Å²) in [5.74, 6) is -0.133. The van der Waals surface area contributed by atoms with E-state index in [1.54, 1.807) is 4.90 Å². The minimum absolute atomic E-state index is 0.133. The summed E-state index contributed by atoms with van der Waals surface area (Å²) in [6, 6.07) is 0. The molecule has 3 heteroatoms. The lowest BCUT2D eigenvalue weighted by atomic mass is 9.98. The Morgan fingerprint density at radius 1 is 1.40 bits per heavy atom. The lowest BCUT2D eigenvalue weighted by molar-refractivity contribution is -0.132. The fourth-order valence-corrected chi connectivity index (χ4v) is 1.35. The number of aliphatic hydroxyl groups excluding tert-OH is 1. The van der Waals surface area contributed by atoms with Crippen LogP contribution in [0.15, 0.2) is 12.2 Å². The van der Waals surface area contributed by atoms with Gasteiger partial charge in [-0.2, -0.15) is 0 Å². The Balaban J connectivity index is 4.81. The minimum atomic E-state index is -0.265. The van der Waals surface area contributed by atoms with E-state index in [9.17, 15) is 4.79 Å². The van der Waals surface area contributed by atoms with E-state index < -0.39 is 0 Å². The van der Waals surface area contributed by atoms with Crippen molar-refractivity contribution in [2.75, 3.05) is 13.2 Å². The molecular formula is C12H23NO2. The van der Waals surface area contributed by atoms with Crippen molar-refractivity contribution in [1.82, 2.24) is 4.90 Å². The van der Waals surface area contributed by atoms with Crippen LogP contribution >= 0.6 is 0 Å². The van der Waals surface area contributed by atoms with Crippen LogP contribution in [0.5, 0.6) is 0 Å². The van der Waals surface area contributed by atoms with Crippen LogP contribution in [-0.2, 0) is 4.79 Å². The maximum Gasteiger partial charge on any atom is 0.251 e. The zero-order valence-corrected chi connectivity index (χ0v) is 10.3. The molecule has 15 heavy (non-hydrogen) atoms. The zero-order valence-electron chi connectivity index (χ0n) is 10.3. The fraction of sp³-hybridized carbons (Fsp3) is 0.750. The number of nitrogens with zero attached hydrogens (tertiary/aromatic N) is 1. The number of aliphatic hydroxyl groups is 1. The second-order valence-electron chi connectivity index (χ2n) is 4.38. The predicted octanol–water partition coefficient (Wildman–Crippen LogP) is 1.96. The highest BCUT2D eigenvalue weighted by molar-refractivity contribution is 5.93. The van der Waals surface area contributed by atoms with E-state index in [1.165, 1.54) is 0 Å². The van der Waals surface area contributed by atoms with Gasteiger partial charge in [0.1, 0.15) is 0 Å². The van der Waals surface area contributed by atoms with E-state index in [0.717, 1.165) is 12.8 Å². The van der Waals surface area contributed by atoms with Crippen molar-refractivity contribution in [2.24, 2.45) is 0 Å². The van der Waals surface area contributed by atoms with Crippen LogP contribution in [0.3, 0.4) is 0 Å². The molecule has 0 radical (unpaired) electrons. The lowest BCUT2D eigenvalue weighted by Gasteiger charge is -2.38. The lowest BCUT2D eigenvalue weighted by Crippen LogP contribution is -2.48. The monoisotopic (exact) mass is 213 g/mol. The van der Waals surface area contributed by atoms with Gasteiger partial charge < -0.3 is 10.0 Å². The number of carbonyl (C=O) groups excluding carboxylic acids is 1. The number of amides is 1. The van der Waals surface area contributed by atoms with Crippen LogP contribution in [-0.4, -0.2) is 34.6 Å². The van der Waals surface area contributed by atoms with Crippen molar-refractivity contribution in [3.8, 4) is 0 Å². The van der Waals surface area contributed by atoms with Gasteiger partial charge in [-0.15, -0.1) is 0 Å². The summed E-state index contributed by atoms with van der Waals surface area (Å²) in [5, 5.41) is 8.91. The summed E-state index contributed by atoms with van der Waals surface area (Å²) >= 11 is 0. The normalized spacial score (nSPS) is 11.3. The molecule has 0 aromatic rings. The van der Waals surface area contributed by atoms with E-state index in [-0.39, 0.29) is 23.6 Å². The second-order valence-corrected chi connectivity index (χ2v) is 4.38. The van der Waals surface area contributed by atoms with E-state index in [0.29, 0.717) is 6.54 Å². The van der Waals surface area contributed by atoms with Gasteiger partial charge in [-0.1, -0.05) is 20.4 Å². The molecule has 0 heterocycles. The van der Waals surface area contributed by atoms with Crippen LogP contribution in [0.1, 0.15) is 40.5 Å². The Bertz CT molecular complexity index is 234. The van der Waals surface area contributed by atoms with Crippen LogP contribution in [0.4, 0.5) is 0 Å². The first-order valence-corrected chi connectivity index (χ1v) is 5.51. The van der Waals surface area contributed by atoms with Gasteiger partial charge in [-0.3, -0.25) is 4.79 Å². The highest BCUT2D eigenvalue weighted by Crippen LogP contribution is 2.20. The number of rotatable bonds is 6. The molecule has 0 saturated heterocycles. The molecule has 0 aliphatic rings. The molecule has 0 saturated carbocycles. The van der Waals surface area contributed by atoms with Gasteiger partial charge in [0.15, 0.2) is 0 Å². The first-order valence-electron chi connectivity index (χ1n) is 5.51. The highest BCUT2D eigenvalue weighted by Gasteiger charge is 2.29. The number of carbonyl (C=O) groups is 1. The third-order valence-corrected chi connectivity index (χ3v) is 2.78. The number of hydrogen-bond donors (Lipinski definition) is 1. The first-order chi connectivity index (χ1) is 6.90. The van der Waals surface area contributed by atoms with Crippen molar-refractivity contribution < 1.29 is 9.90 Å². The summed E-state index contributed by atoms with van der Waals surface area (Å²) in [6.45, 7) is 12.2. The molecule has 1 N–H and O–H groups in total. The molecule has 0 bridgehead atoms. The van der Waals surface area contributed by atoms with Crippen molar-refractivity contribution in [3.63, 3.8) is 0 Å². The molecule has 1 amide bonds. The molecule has 0 fully saturated rings. The zero-order chi connectivity index (χ0) is 12.1. The quantitative estimate of drug-likeness (QED) is 0.685. The minimum Gasteiger partial charge on any atom is -0.391 e. The Kier molecular flexibility index (Phi) is 5.58. The average molecular weight is 213 g/mol. The van der Waals surface area contributed by atoms with E-state index in [2.05, 4.69) is 13.5 Å². The topological polar surface area (TPSA) is 40.5 Å². The van der Waals surface area contributed by atoms with E-state index in [4.69, 9.17) is 5.11 Å². The van der Waals surface area contributed by atoms with Gasteiger partial charge in [-0.25, -0.2) is 0 Å². The highest BCUT2D eigenvalue weighted by atomic mass is 16.3. The molecular weight excluding hydrogens is 190 g/mol. The van der Waals surface area contributed by atoms with Gasteiger partial charge in [0.05, 0.1) is 6.61 Å². The van der Waals surface area contributed by atoms with Crippen LogP contribution in [0, 0.1) is 0 Å². The van der Waals surface area contributed by atoms with Gasteiger partial charge in [0.2, 0.25) is 0 Å². The van der Waals surface area contributed by atoms with E-state index >= 15 is 0 Å². The largest absolute Gasteiger partial charge is 0.391 e. The predicted molar refractivity (Wildman–Crippen MR) is 62.6 cm³/mol. The molecule has 0 aliphatic heterocycles. The second kappa shape index (κ2) is 5.91. The van der Waals surface area contributed by atoms with Gasteiger partial charge in [0, 0.05) is 17.7 Å². The van der Waals surface area contributed by atoms with Gasteiger partial charge >= 0.3 is 0 Å². The Morgan fingerprint density at radius 3 is 2.27 bits per heavy atom. The maximum atomic E-state index is 11.9. The SMILES string of the molecule is C=C(CO)C(=O)N(CCC)C(C)(C)CC. The Labute approximate surface area is 92.8 Å². The van der Waals surface area contributed by atoms with Crippen LogP contribution in [0.25, 0.3) is 0 Å². The molecule has 88 valence electrons. The summed E-state index contributed by atoms with van der Waals surface area (Å²) in [7, 11) is 0. The summed E-state index contributed by atoms with van der Waals surface area (Å²) in [4.78, 5) is 13.7. The molecule has 0 spiro atoms. The smallest absolute Gasteiger partial charge is 0.251 e. The fourth-order valence-electron chi connectivity index (χ4n) is 1.35. The third kappa shape index (κ3) is 3.67. The molecule has 0 aliphatic carbocycles. The summed E-state index contributed by atoms with van der Waals surface area (Å²) in [6.07, 6.45) is 1.80. The summed E-state index contributed by atoms with van der Waals surface area (Å²) in [5.41, 5.74) is 0.0931. The average Bonchev–Trinajstić information content (AvgIpc) is 2.23. The molecule has 0 atom stereocenters. The van der Waals surface area contributed by atoms with Gasteiger partial charge in [0.25, 0.3) is 5.91 Å². The number of hydrogen-bond acceptors (Lipinski definition) is 2. The summed E-state index contributed by atoms with van der Waals surface area (Å²) < 4.78 is 0. The molecule has 0 aromatic heterocycles. The standard InChI is InChI=1S/C12H23NO2/c1-6-8-13(12(4,5)7-2)11(15)10(3)9-14/h14H,3,6-9H2,1-2,4-5H3. The van der Waals surface area contributed by atoms with Crippen molar-refractivity contribution in [3.05, 3.63) is 12.2 Å². The Morgan fingerprint density at radius 2 is 1.93 bits per heavy atom. The van der Waals surface area contributed by atoms with E-state index in [1.807, 2.05) is 20.8 Å². The molecule has 0 aromatic carbocycles. The van der Waals surface area contributed by atoms with Crippen molar-refractivity contribution in [1.29, 1.82) is 0 Å². The van der Waals surface area contributed by atoms with Gasteiger partial charge in [-0.05, 0) is 26.7 Å². The van der Waals surface area contributed by atoms with Crippen molar-refractivity contribution in [2.45, 2.75) is 46.1 Å². The Hall–Kier alpha value is -0.830. The molecule has 3 nitrogen and oxygen atoms in total. The molecule has 0 unspecified atom stereocenters. The van der Waals surface area contributed by atoms with Crippen LogP contribution in [0.2, 0.25) is 0 Å². The first kappa shape index (κ1) is 14.2. The van der Waals surface area contributed by atoms with Crippen molar-refractivity contribution >= 4 is 5.91 Å². The van der Waals surface area contributed by atoms with Crippen LogP contribution < -0.4 is 0 Å². The maximum absolute atomic E-state index is 11.9.